The van der Waals surface area contributed by atoms with Crippen molar-refractivity contribution in [1.29, 1.82) is 0 Å². The zero-order valence-electron chi connectivity index (χ0n) is 5.60. The first-order valence-electron chi connectivity index (χ1n) is 2.97. The molecule has 0 saturated heterocycles. The summed E-state index contributed by atoms with van der Waals surface area (Å²) in [6.07, 6.45) is -0.314. The molecule has 0 heterocycles. The predicted molar refractivity (Wildman–Crippen MR) is 40.4 cm³/mol. The van der Waals surface area contributed by atoms with Gasteiger partial charge in [-0.1, -0.05) is 30.3 Å². The molecule has 1 aromatic rings. The average Bonchev–Trinajstić information content (AvgIpc) is 2.09. The van der Waals surface area contributed by atoms with Crippen molar-refractivity contribution in [1.82, 2.24) is 0 Å². The molecule has 0 amide bonds. The normalized spacial score (nSPS) is 9.55. The summed E-state index contributed by atoms with van der Waals surface area (Å²) in [5.74, 6) is 0. The Bertz CT molecular complexity index is 240. The number of hydrogen-bond acceptors (Lipinski definition) is 4. The van der Waals surface area contributed by atoms with E-state index in [1.807, 2.05) is 0 Å². The van der Waals surface area contributed by atoms with Crippen LogP contribution in [0, 0.1) is 16.0 Å². The fourth-order valence-corrected chi connectivity index (χ4v) is 0.709. The van der Waals surface area contributed by atoms with Gasteiger partial charge in [-0.05, 0) is 10.4 Å². The van der Waals surface area contributed by atoms with Crippen LogP contribution in [-0.2, 0) is 0 Å². The Hall–Kier alpha value is -1.58. The summed E-state index contributed by atoms with van der Waals surface area (Å²) in [6.45, 7) is 0. The van der Waals surface area contributed by atoms with E-state index in [0.717, 1.165) is 0 Å². The summed E-state index contributed by atoms with van der Waals surface area (Å²) in [7, 11) is 0. The predicted octanol–water partition coefficient (Wildman–Crippen LogP) is 2.06. The molecule has 1 radical (unpaired) electrons. The van der Waals surface area contributed by atoms with Gasteiger partial charge in [-0.2, -0.15) is 0 Å². The van der Waals surface area contributed by atoms with Gasteiger partial charge in [-0.3, -0.25) is 0 Å². The average molecular weight is 149 g/mol. The summed E-state index contributed by atoms with van der Waals surface area (Å²) in [5.41, 5.74) is 0.442. The number of rotatable bonds is 3. The maximum Gasteiger partial charge on any atom is 0.312 e. The summed E-state index contributed by atoms with van der Waals surface area (Å²) in [6, 6.07) is 8.37. The second-order valence-electron chi connectivity index (χ2n) is 1.87. The maximum absolute atomic E-state index is 9.96. The lowest BCUT2D eigenvalue weighted by Gasteiger charge is -1.95. The molecule has 0 atom stereocenters. The van der Waals surface area contributed by atoms with Crippen LogP contribution in [0.15, 0.2) is 40.7 Å². The van der Waals surface area contributed by atoms with Crippen LogP contribution in [0.4, 0.5) is 0 Å². The van der Waals surface area contributed by atoms with E-state index in [9.17, 15) is 9.81 Å². The second-order valence-corrected chi connectivity index (χ2v) is 1.87. The molecule has 0 fully saturated rings. The molecule has 0 unspecified atom stereocenters. The lowest BCUT2D eigenvalue weighted by molar-refractivity contribution is 1.02. The summed E-state index contributed by atoms with van der Waals surface area (Å²) in [5, 5.41) is 4.93. The van der Waals surface area contributed by atoms with E-state index >= 15 is 0 Å². The quantitative estimate of drug-likeness (QED) is 0.617. The molecule has 0 aromatic heterocycles. The van der Waals surface area contributed by atoms with Crippen molar-refractivity contribution in [3.05, 3.63) is 51.9 Å². The second kappa shape index (κ2) is 3.55. The van der Waals surface area contributed by atoms with Gasteiger partial charge in [0, 0.05) is 5.56 Å². The molecule has 1 rings (SSSR count). The fourth-order valence-electron chi connectivity index (χ4n) is 0.709. The minimum absolute atomic E-state index is 0.314. The van der Waals surface area contributed by atoms with Crippen molar-refractivity contribution in [2.24, 2.45) is 10.4 Å². The highest BCUT2D eigenvalue weighted by Gasteiger charge is 2.11. The van der Waals surface area contributed by atoms with Crippen LogP contribution in [0.1, 0.15) is 5.56 Å². The smallest absolute Gasteiger partial charge is 0.147 e. The van der Waals surface area contributed by atoms with E-state index in [-0.39, 0.29) is 6.17 Å². The molecule has 4 heteroatoms. The highest BCUT2D eigenvalue weighted by atomic mass is 16.3. The molecule has 55 valence electrons. The minimum Gasteiger partial charge on any atom is -0.147 e. The first-order valence-corrected chi connectivity index (χ1v) is 2.97. The van der Waals surface area contributed by atoms with Gasteiger partial charge in [0.25, 0.3) is 0 Å². The van der Waals surface area contributed by atoms with Gasteiger partial charge < -0.3 is 0 Å². The van der Waals surface area contributed by atoms with E-state index in [4.69, 9.17) is 0 Å². The Morgan fingerprint density at radius 2 is 1.55 bits per heavy atom. The van der Waals surface area contributed by atoms with Gasteiger partial charge in [0.15, 0.2) is 0 Å². The Morgan fingerprint density at radius 3 is 2.00 bits per heavy atom. The summed E-state index contributed by atoms with van der Waals surface area (Å²) in [4.78, 5) is 19.9. The molecule has 0 aliphatic rings. The fraction of sp³-hybridized carbons (Fsp3) is 0. The molecule has 1 aromatic carbocycles. The standard InChI is InChI=1S/C7H5N2O2/c10-8-7(9-11)6-4-2-1-3-5-6/h1-5H. The molecule has 0 N–H and O–H groups in total. The van der Waals surface area contributed by atoms with E-state index in [1.54, 1.807) is 30.3 Å². The van der Waals surface area contributed by atoms with Gasteiger partial charge in [-0.15, -0.1) is 9.81 Å². The van der Waals surface area contributed by atoms with Crippen molar-refractivity contribution < 1.29 is 0 Å². The van der Waals surface area contributed by atoms with Crippen LogP contribution in [-0.4, -0.2) is 0 Å². The van der Waals surface area contributed by atoms with Crippen LogP contribution in [0.25, 0.3) is 0 Å². The van der Waals surface area contributed by atoms with Crippen LogP contribution in [0.2, 0.25) is 0 Å². The van der Waals surface area contributed by atoms with Gasteiger partial charge in [-0.25, -0.2) is 0 Å². The monoisotopic (exact) mass is 149 g/mol. The zero-order chi connectivity index (χ0) is 8.10. The van der Waals surface area contributed by atoms with Gasteiger partial charge in [0.2, 0.25) is 0 Å². The molecule has 11 heavy (non-hydrogen) atoms. The number of hydrogen-bond donors (Lipinski definition) is 0. The largest absolute Gasteiger partial charge is 0.312 e. The minimum atomic E-state index is -0.314. The molecule has 0 aliphatic carbocycles. The SMILES string of the molecule is O=N[C](N=O)c1ccccc1. The van der Waals surface area contributed by atoms with Gasteiger partial charge in [0.05, 0.1) is 0 Å². The van der Waals surface area contributed by atoms with Crippen LogP contribution in [0.3, 0.4) is 0 Å². The maximum atomic E-state index is 9.96. The Kier molecular flexibility index (Phi) is 2.43. The zero-order valence-corrected chi connectivity index (χ0v) is 5.60. The summed E-state index contributed by atoms with van der Waals surface area (Å²) < 4.78 is 0. The Morgan fingerprint density at radius 1 is 1.00 bits per heavy atom. The van der Waals surface area contributed by atoms with Crippen molar-refractivity contribution in [3.8, 4) is 0 Å². The van der Waals surface area contributed by atoms with Crippen LogP contribution >= 0.6 is 0 Å². The van der Waals surface area contributed by atoms with Crippen LogP contribution in [0.5, 0.6) is 0 Å². The third-order valence-electron chi connectivity index (χ3n) is 1.20. The first-order chi connectivity index (χ1) is 5.38. The Balaban J connectivity index is 2.90. The van der Waals surface area contributed by atoms with E-state index in [2.05, 4.69) is 10.4 Å². The third-order valence-corrected chi connectivity index (χ3v) is 1.20. The third kappa shape index (κ3) is 1.67. The molecular weight excluding hydrogens is 144 g/mol. The lowest BCUT2D eigenvalue weighted by Crippen LogP contribution is -1.88. The van der Waals surface area contributed by atoms with Crippen molar-refractivity contribution in [2.75, 3.05) is 0 Å². The summed E-state index contributed by atoms with van der Waals surface area (Å²) >= 11 is 0. The number of nitroso groups, excluding NO2 is 2. The lowest BCUT2D eigenvalue weighted by atomic mass is 10.2. The topological polar surface area (TPSA) is 58.9 Å². The first kappa shape index (κ1) is 7.53. The van der Waals surface area contributed by atoms with Crippen molar-refractivity contribution >= 4 is 0 Å². The number of nitrogens with zero attached hydrogens (tertiary/aromatic N) is 2. The van der Waals surface area contributed by atoms with Crippen molar-refractivity contribution in [2.45, 2.75) is 0 Å². The molecule has 4 nitrogen and oxygen atoms in total. The van der Waals surface area contributed by atoms with Gasteiger partial charge in [0.1, 0.15) is 0 Å². The van der Waals surface area contributed by atoms with E-state index < -0.39 is 0 Å². The highest BCUT2D eigenvalue weighted by molar-refractivity contribution is 5.28. The van der Waals surface area contributed by atoms with E-state index in [1.165, 1.54) is 0 Å². The molecule has 0 spiro atoms. The molecule has 0 bridgehead atoms. The van der Waals surface area contributed by atoms with Crippen molar-refractivity contribution in [3.63, 3.8) is 0 Å². The highest BCUT2D eigenvalue weighted by Crippen LogP contribution is 2.15. The van der Waals surface area contributed by atoms with Crippen LogP contribution < -0.4 is 0 Å². The number of benzene rings is 1. The molecular formula is C7H5N2O2. The molecule has 0 saturated carbocycles. The molecule has 0 aliphatic heterocycles. The Labute approximate surface area is 63.2 Å². The van der Waals surface area contributed by atoms with Gasteiger partial charge >= 0.3 is 6.17 Å². The van der Waals surface area contributed by atoms with E-state index in [0.29, 0.717) is 5.56 Å².